The van der Waals surface area contributed by atoms with Crippen LogP contribution in [0.3, 0.4) is 0 Å². The average molecular weight is 489 g/mol. The van der Waals surface area contributed by atoms with E-state index in [1.54, 1.807) is 36.4 Å². The first-order valence-corrected chi connectivity index (χ1v) is 12.7. The van der Waals surface area contributed by atoms with E-state index in [1.165, 1.54) is 16.4 Å². The summed E-state index contributed by atoms with van der Waals surface area (Å²) < 4.78 is 33.1. The summed E-state index contributed by atoms with van der Waals surface area (Å²) in [7, 11) is -3.67. The Kier molecular flexibility index (Phi) is 8.29. The Hall–Kier alpha value is -2.95. The third-order valence-corrected chi connectivity index (χ3v) is 7.26. The first-order chi connectivity index (χ1) is 16.1. The molecule has 184 valence electrons. The molecule has 1 saturated heterocycles. The highest BCUT2D eigenvalue weighted by molar-refractivity contribution is 7.89. The molecule has 1 heterocycles. The molecular weight excluding hydrogens is 456 g/mol. The molecule has 3 atom stereocenters. The molecule has 0 aliphatic carbocycles. The summed E-state index contributed by atoms with van der Waals surface area (Å²) in [6.07, 6.45) is -0.367. The predicted octanol–water partition coefficient (Wildman–Crippen LogP) is 3.27. The van der Waals surface area contributed by atoms with E-state index in [2.05, 4.69) is 16.0 Å². The Morgan fingerprint density at radius 3 is 2.03 bits per heavy atom. The second-order valence-corrected chi connectivity index (χ2v) is 10.7. The maximum Gasteiger partial charge on any atom is 0.319 e. The fourth-order valence-electron chi connectivity index (χ4n) is 3.77. The molecule has 3 N–H and O–H groups in total. The quantitative estimate of drug-likeness (QED) is 0.553. The van der Waals surface area contributed by atoms with Crippen LogP contribution in [0.5, 0.6) is 0 Å². The van der Waals surface area contributed by atoms with E-state index in [9.17, 15) is 18.0 Å². The van der Waals surface area contributed by atoms with Gasteiger partial charge in [-0.2, -0.15) is 4.31 Å². The zero-order valence-corrected chi connectivity index (χ0v) is 20.6. The van der Waals surface area contributed by atoms with Crippen LogP contribution in [0.1, 0.15) is 27.7 Å². The molecule has 0 spiro atoms. The van der Waals surface area contributed by atoms with E-state index in [0.717, 1.165) is 0 Å². The van der Waals surface area contributed by atoms with Gasteiger partial charge >= 0.3 is 6.03 Å². The number of rotatable bonds is 7. The predicted molar refractivity (Wildman–Crippen MR) is 131 cm³/mol. The van der Waals surface area contributed by atoms with Crippen LogP contribution in [0.15, 0.2) is 59.5 Å². The smallest absolute Gasteiger partial charge is 0.319 e. The molecule has 34 heavy (non-hydrogen) atoms. The fourth-order valence-corrected chi connectivity index (χ4v) is 5.36. The first kappa shape index (κ1) is 25.7. The van der Waals surface area contributed by atoms with Gasteiger partial charge in [-0.15, -0.1) is 0 Å². The summed E-state index contributed by atoms with van der Waals surface area (Å²) in [4.78, 5) is 25.3. The van der Waals surface area contributed by atoms with Crippen LogP contribution in [0.4, 0.5) is 16.2 Å². The molecule has 3 rings (SSSR count). The highest BCUT2D eigenvalue weighted by atomic mass is 32.2. The van der Waals surface area contributed by atoms with Crippen molar-refractivity contribution in [2.45, 2.75) is 50.8 Å². The van der Waals surface area contributed by atoms with E-state index < -0.39 is 28.0 Å². The molecule has 0 saturated carbocycles. The van der Waals surface area contributed by atoms with Gasteiger partial charge < -0.3 is 20.7 Å². The van der Waals surface area contributed by atoms with Gasteiger partial charge in [0.15, 0.2) is 0 Å². The standard InChI is InChI=1S/C24H32N4O5S/c1-16(2)22(27-24(30)26-19-8-6-5-7-9-19)23(29)25-20-10-12-21(13-11-20)34(31,32)28-14-17(3)33-18(4)15-28/h5-13,16-18,22H,14-15H2,1-4H3,(H,25,29)(H2,26,27,30). The van der Waals surface area contributed by atoms with Crippen molar-refractivity contribution in [1.82, 2.24) is 9.62 Å². The molecular formula is C24H32N4O5S. The van der Waals surface area contributed by atoms with Gasteiger partial charge in [-0.05, 0) is 56.2 Å². The van der Waals surface area contributed by atoms with Crippen LogP contribution in [0.25, 0.3) is 0 Å². The molecule has 10 heteroatoms. The average Bonchev–Trinajstić information content (AvgIpc) is 2.77. The van der Waals surface area contributed by atoms with Gasteiger partial charge in [-0.25, -0.2) is 13.2 Å². The van der Waals surface area contributed by atoms with Crippen molar-refractivity contribution < 1.29 is 22.7 Å². The van der Waals surface area contributed by atoms with Crippen molar-refractivity contribution in [3.63, 3.8) is 0 Å². The van der Waals surface area contributed by atoms with E-state index in [1.807, 2.05) is 33.8 Å². The number of nitrogens with one attached hydrogen (secondary N) is 3. The summed E-state index contributed by atoms with van der Waals surface area (Å²) in [5.74, 6) is -0.573. The Bertz CT molecular complexity index is 1080. The molecule has 0 bridgehead atoms. The number of benzene rings is 2. The second kappa shape index (κ2) is 11.0. The molecule has 1 aliphatic rings. The van der Waals surface area contributed by atoms with Crippen LogP contribution in [0, 0.1) is 5.92 Å². The van der Waals surface area contributed by atoms with Gasteiger partial charge in [0.1, 0.15) is 6.04 Å². The minimum absolute atomic E-state index is 0.146. The molecule has 3 unspecified atom stereocenters. The Morgan fingerprint density at radius 2 is 1.47 bits per heavy atom. The van der Waals surface area contributed by atoms with Crippen molar-refractivity contribution in [2.24, 2.45) is 5.92 Å². The minimum atomic E-state index is -3.67. The van der Waals surface area contributed by atoms with Crippen LogP contribution < -0.4 is 16.0 Å². The Labute approximate surface area is 200 Å². The summed E-state index contributed by atoms with van der Waals surface area (Å²) in [6.45, 7) is 7.92. The maximum absolute atomic E-state index is 13.0. The van der Waals surface area contributed by atoms with Crippen molar-refractivity contribution in [2.75, 3.05) is 23.7 Å². The molecule has 1 fully saturated rings. The summed E-state index contributed by atoms with van der Waals surface area (Å²) >= 11 is 0. The van der Waals surface area contributed by atoms with Crippen molar-refractivity contribution in [3.05, 3.63) is 54.6 Å². The third kappa shape index (κ3) is 6.55. The van der Waals surface area contributed by atoms with Crippen molar-refractivity contribution in [3.8, 4) is 0 Å². The lowest BCUT2D eigenvalue weighted by atomic mass is 10.0. The molecule has 0 radical (unpaired) electrons. The number of nitrogens with zero attached hydrogens (tertiary/aromatic N) is 1. The van der Waals surface area contributed by atoms with E-state index in [-0.39, 0.29) is 36.1 Å². The summed E-state index contributed by atoms with van der Waals surface area (Å²) in [5, 5.41) is 8.15. The van der Waals surface area contributed by atoms with Gasteiger partial charge in [0.2, 0.25) is 15.9 Å². The normalized spacial score (nSPS) is 19.9. The minimum Gasteiger partial charge on any atom is -0.373 e. The number of morpholine rings is 1. The number of hydrogen-bond acceptors (Lipinski definition) is 5. The van der Waals surface area contributed by atoms with Crippen molar-refractivity contribution >= 4 is 33.3 Å². The van der Waals surface area contributed by atoms with E-state index in [0.29, 0.717) is 11.4 Å². The van der Waals surface area contributed by atoms with Crippen LogP contribution in [-0.4, -0.2) is 56.0 Å². The molecule has 9 nitrogen and oxygen atoms in total. The zero-order valence-electron chi connectivity index (χ0n) is 19.8. The topological polar surface area (TPSA) is 117 Å². The number of urea groups is 1. The SMILES string of the molecule is CC1CN(S(=O)(=O)c2ccc(NC(=O)C(NC(=O)Nc3ccccc3)C(C)C)cc2)CC(C)O1. The first-order valence-electron chi connectivity index (χ1n) is 11.3. The van der Waals surface area contributed by atoms with Gasteiger partial charge in [0.25, 0.3) is 0 Å². The zero-order chi connectivity index (χ0) is 24.9. The molecule has 2 aromatic carbocycles. The number of ether oxygens (including phenoxy) is 1. The number of carbonyl (C=O) groups excluding carboxylic acids is 2. The number of sulfonamides is 1. The lowest BCUT2D eigenvalue weighted by molar-refractivity contribution is -0.118. The molecule has 0 aromatic heterocycles. The van der Waals surface area contributed by atoms with Crippen LogP contribution in [-0.2, 0) is 19.6 Å². The highest BCUT2D eigenvalue weighted by Gasteiger charge is 2.32. The highest BCUT2D eigenvalue weighted by Crippen LogP contribution is 2.22. The number of carbonyl (C=O) groups is 2. The van der Waals surface area contributed by atoms with Crippen LogP contribution in [0.2, 0.25) is 0 Å². The van der Waals surface area contributed by atoms with Gasteiger partial charge in [-0.3, -0.25) is 4.79 Å². The largest absolute Gasteiger partial charge is 0.373 e. The van der Waals surface area contributed by atoms with E-state index >= 15 is 0 Å². The lowest BCUT2D eigenvalue weighted by Crippen LogP contribution is -2.48. The summed E-state index contributed by atoms with van der Waals surface area (Å²) in [6, 6.07) is 13.7. The molecule has 1 aliphatic heterocycles. The number of anilines is 2. The fraction of sp³-hybridized carbons (Fsp3) is 0.417. The molecule has 3 amide bonds. The lowest BCUT2D eigenvalue weighted by Gasteiger charge is -2.34. The van der Waals surface area contributed by atoms with Crippen molar-refractivity contribution in [1.29, 1.82) is 0 Å². The second-order valence-electron chi connectivity index (χ2n) is 8.78. The van der Waals surface area contributed by atoms with Crippen LogP contribution >= 0.6 is 0 Å². The Morgan fingerprint density at radius 1 is 0.912 bits per heavy atom. The van der Waals surface area contributed by atoms with Gasteiger partial charge in [0.05, 0.1) is 17.1 Å². The van der Waals surface area contributed by atoms with E-state index in [4.69, 9.17) is 4.74 Å². The maximum atomic E-state index is 13.0. The number of amides is 3. The van der Waals surface area contributed by atoms with Gasteiger partial charge in [0, 0.05) is 24.5 Å². The monoisotopic (exact) mass is 488 g/mol. The Balaban J connectivity index is 1.64. The van der Waals surface area contributed by atoms with Gasteiger partial charge in [-0.1, -0.05) is 32.0 Å². The number of hydrogen-bond donors (Lipinski definition) is 3. The molecule has 2 aromatic rings. The number of para-hydroxylation sites is 1. The summed E-state index contributed by atoms with van der Waals surface area (Å²) in [5.41, 5.74) is 1.05. The third-order valence-electron chi connectivity index (χ3n) is 5.41.